The Morgan fingerprint density at radius 3 is 2.50 bits per heavy atom. The number of nitrogens with one attached hydrogen (secondary N) is 2. The van der Waals surface area contributed by atoms with Gasteiger partial charge in [0.15, 0.2) is 0 Å². The summed E-state index contributed by atoms with van der Waals surface area (Å²) >= 11 is 0. The molecular weight excluding hydrogens is 172 g/mol. The summed E-state index contributed by atoms with van der Waals surface area (Å²) in [4.78, 5) is 0. The van der Waals surface area contributed by atoms with E-state index >= 15 is 0 Å². The molecule has 0 saturated carbocycles. The summed E-state index contributed by atoms with van der Waals surface area (Å²) in [6.07, 6.45) is 6.86. The first kappa shape index (κ1) is 10.4. The smallest absolute Gasteiger partial charge is 0.0358 e. The zero-order valence-electron chi connectivity index (χ0n) is 9.60. The topological polar surface area (TPSA) is 24.1 Å². The molecule has 2 saturated heterocycles. The van der Waals surface area contributed by atoms with Crippen molar-refractivity contribution in [2.75, 3.05) is 13.1 Å². The third-order valence-electron chi connectivity index (χ3n) is 4.18. The van der Waals surface area contributed by atoms with Crippen LogP contribution in [0, 0.1) is 5.92 Å². The third kappa shape index (κ3) is 1.70. The van der Waals surface area contributed by atoms with E-state index in [1.54, 1.807) is 0 Å². The molecule has 2 rings (SSSR count). The second kappa shape index (κ2) is 4.19. The molecule has 2 aliphatic heterocycles. The van der Waals surface area contributed by atoms with Crippen LogP contribution in [0.3, 0.4) is 0 Å². The lowest BCUT2D eigenvalue weighted by Gasteiger charge is -2.44. The number of piperidine rings is 1. The van der Waals surface area contributed by atoms with E-state index in [9.17, 15) is 0 Å². The predicted octanol–water partition coefficient (Wildman–Crippen LogP) is 1.91. The average Bonchev–Trinajstić information content (AvgIpc) is 2.69. The van der Waals surface area contributed by atoms with E-state index in [1.165, 1.54) is 45.2 Å². The maximum absolute atomic E-state index is 3.78. The van der Waals surface area contributed by atoms with Gasteiger partial charge in [-0.15, -0.1) is 0 Å². The lowest BCUT2D eigenvalue weighted by Crippen LogP contribution is -2.61. The fourth-order valence-corrected chi connectivity index (χ4v) is 3.27. The second-order valence-electron chi connectivity index (χ2n) is 5.23. The van der Waals surface area contributed by atoms with Crippen LogP contribution >= 0.6 is 0 Å². The fraction of sp³-hybridized carbons (Fsp3) is 1.00. The van der Waals surface area contributed by atoms with Gasteiger partial charge in [0, 0.05) is 11.6 Å². The van der Waals surface area contributed by atoms with E-state index < -0.39 is 0 Å². The molecule has 0 aromatic carbocycles. The summed E-state index contributed by atoms with van der Waals surface area (Å²) in [6, 6.07) is 0.721. The maximum atomic E-state index is 3.78. The average molecular weight is 196 g/mol. The standard InChI is InChI=1S/C12H24N2/c1-10(2)12(7-5-9-14-12)11-6-3-4-8-13-11/h10-11,13-14H,3-9H2,1-2H3. The predicted molar refractivity (Wildman–Crippen MR) is 60.4 cm³/mol. The van der Waals surface area contributed by atoms with Crippen LogP contribution in [0.25, 0.3) is 0 Å². The molecule has 0 aliphatic carbocycles. The maximum Gasteiger partial charge on any atom is 0.0358 e. The SMILES string of the molecule is CC(C)C1(C2CCCCN2)CCCN1. The van der Waals surface area contributed by atoms with Gasteiger partial charge in [-0.1, -0.05) is 20.3 Å². The molecule has 2 heteroatoms. The van der Waals surface area contributed by atoms with Gasteiger partial charge in [-0.25, -0.2) is 0 Å². The minimum atomic E-state index is 0.403. The first-order chi connectivity index (χ1) is 6.76. The largest absolute Gasteiger partial charge is 0.312 e. The van der Waals surface area contributed by atoms with Gasteiger partial charge in [0.1, 0.15) is 0 Å². The number of hydrogen-bond donors (Lipinski definition) is 2. The molecule has 0 aromatic rings. The molecule has 2 heterocycles. The number of rotatable bonds is 2. The highest BCUT2D eigenvalue weighted by atomic mass is 15.1. The normalized spacial score (nSPS) is 39.2. The molecule has 2 aliphatic rings. The Morgan fingerprint density at radius 1 is 1.14 bits per heavy atom. The van der Waals surface area contributed by atoms with Gasteiger partial charge >= 0.3 is 0 Å². The minimum absolute atomic E-state index is 0.403. The van der Waals surface area contributed by atoms with Gasteiger partial charge in [0.05, 0.1) is 0 Å². The molecule has 0 radical (unpaired) electrons. The number of hydrogen-bond acceptors (Lipinski definition) is 2. The minimum Gasteiger partial charge on any atom is -0.312 e. The van der Waals surface area contributed by atoms with Crippen LogP contribution in [0.5, 0.6) is 0 Å². The van der Waals surface area contributed by atoms with E-state index in [1.807, 2.05) is 0 Å². The molecule has 0 amide bonds. The molecule has 2 fully saturated rings. The monoisotopic (exact) mass is 196 g/mol. The van der Waals surface area contributed by atoms with Crippen LogP contribution in [-0.4, -0.2) is 24.7 Å². The fourth-order valence-electron chi connectivity index (χ4n) is 3.27. The zero-order chi connectivity index (χ0) is 10.0. The molecule has 2 nitrogen and oxygen atoms in total. The Balaban J connectivity index is 2.08. The van der Waals surface area contributed by atoms with Crippen LogP contribution in [0.2, 0.25) is 0 Å². The van der Waals surface area contributed by atoms with Gasteiger partial charge in [-0.05, 0) is 44.7 Å². The van der Waals surface area contributed by atoms with Crippen molar-refractivity contribution in [1.82, 2.24) is 10.6 Å². The quantitative estimate of drug-likeness (QED) is 0.705. The van der Waals surface area contributed by atoms with Crippen molar-refractivity contribution in [3.63, 3.8) is 0 Å². The summed E-state index contributed by atoms with van der Waals surface area (Å²) < 4.78 is 0. The van der Waals surface area contributed by atoms with E-state index in [4.69, 9.17) is 0 Å². The van der Waals surface area contributed by atoms with Crippen LogP contribution in [0.1, 0.15) is 46.0 Å². The molecule has 0 spiro atoms. The Hall–Kier alpha value is -0.0800. The molecule has 14 heavy (non-hydrogen) atoms. The zero-order valence-corrected chi connectivity index (χ0v) is 9.60. The van der Waals surface area contributed by atoms with Crippen molar-refractivity contribution in [3.05, 3.63) is 0 Å². The summed E-state index contributed by atoms with van der Waals surface area (Å²) in [7, 11) is 0. The molecule has 0 aromatic heterocycles. The van der Waals surface area contributed by atoms with E-state index in [0.717, 1.165) is 12.0 Å². The molecule has 0 bridgehead atoms. The van der Waals surface area contributed by atoms with Gasteiger partial charge in [-0.3, -0.25) is 0 Å². The van der Waals surface area contributed by atoms with E-state index in [0.29, 0.717) is 5.54 Å². The highest BCUT2D eigenvalue weighted by molar-refractivity contribution is 5.04. The Kier molecular flexibility index (Phi) is 3.13. The van der Waals surface area contributed by atoms with Crippen molar-refractivity contribution >= 4 is 0 Å². The first-order valence-corrected chi connectivity index (χ1v) is 6.24. The van der Waals surface area contributed by atoms with Gasteiger partial charge < -0.3 is 10.6 Å². The molecule has 2 unspecified atom stereocenters. The molecule has 2 N–H and O–H groups in total. The van der Waals surface area contributed by atoms with Crippen molar-refractivity contribution in [2.24, 2.45) is 5.92 Å². The summed E-state index contributed by atoms with van der Waals surface area (Å²) in [5.41, 5.74) is 0.403. The van der Waals surface area contributed by atoms with Crippen LogP contribution in [0.15, 0.2) is 0 Å². The highest BCUT2D eigenvalue weighted by Gasteiger charge is 2.43. The summed E-state index contributed by atoms with van der Waals surface area (Å²) in [5, 5.41) is 7.50. The van der Waals surface area contributed by atoms with Gasteiger partial charge in [0.2, 0.25) is 0 Å². The molecule has 82 valence electrons. The van der Waals surface area contributed by atoms with Gasteiger partial charge in [-0.2, -0.15) is 0 Å². The molecule has 2 atom stereocenters. The Labute approximate surface area is 87.8 Å². The Morgan fingerprint density at radius 2 is 2.00 bits per heavy atom. The second-order valence-corrected chi connectivity index (χ2v) is 5.23. The third-order valence-corrected chi connectivity index (χ3v) is 4.18. The van der Waals surface area contributed by atoms with Crippen LogP contribution in [0.4, 0.5) is 0 Å². The van der Waals surface area contributed by atoms with E-state index in [-0.39, 0.29) is 0 Å². The Bertz CT molecular complexity index is 177. The van der Waals surface area contributed by atoms with Crippen molar-refractivity contribution in [1.29, 1.82) is 0 Å². The van der Waals surface area contributed by atoms with Gasteiger partial charge in [0.25, 0.3) is 0 Å². The van der Waals surface area contributed by atoms with E-state index in [2.05, 4.69) is 24.5 Å². The van der Waals surface area contributed by atoms with Crippen LogP contribution < -0.4 is 10.6 Å². The van der Waals surface area contributed by atoms with Crippen molar-refractivity contribution in [3.8, 4) is 0 Å². The summed E-state index contributed by atoms with van der Waals surface area (Å²) in [6.45, 7) is 7.18. The first-order valence-electron chi connectivity index (χ1n) is 6.24. The van der Waals surface area contributed by atoms with Crippen molar-refractivity contribution < 1.29 is 0 Å². The lowest BCUT2D eigenvalue weighted by atomic mass is 9.75. The highest BCUT2D eigenvalue weighted by Crippen LogP contribution is 2.34. The lowest BCUT2D eigenvalue weighted by molar-refractivity contribution is 0.166. The van der Waals surface area contributed by atoms with Crippen molar-refractivity contribution in [2.45, 2.75) is 57.5 Å². The van der Waals surface area contributed by atoms with Crippen LogP contribution in [-0.2, 0) is 0 Å². The summed E-state index contributed by atoms with van der Waals surface area (Å²) in [5.74, 6) is 0.751. The molecular formula is C12H24N2.